The van der Waals surface area contributed by atoms with E-state index >= 15 is 0 Å². The molecule has 5 heteroatoms. The van der Waals surface area contributed by atoms with Crippen molar-refractivity contribution in [3.8, 4) is 0 Å². The SMILES string of the molecule is Nc1nc2c(o1)CCN(Cc1cccc(Br)c1)C2. The van der Waals surface area contributed by atoms with Crippen molar-refractivity contribution < 1.29 is 4.42 Å². The van der Waals surface area contributed by atoms with Gasteiger partial charge in [0.2, 0.25) is 0 Å². The Hall–Kier alpha value is -1.33. The van der Waals surface area contributed by atoms with Crippen LogP contribution < -0.4 is 5.73 Å². The lowest BCUT2D eigenvalue weighted by Gasteiger charge is -2.25. The Morgan fingerprint density at radius 3 is 3.17 bits per heavy atom. The van der Waals surface area contributed by atoms with E-state index in [1.165, 1.54) is 5.56 Å². The Kier molecular flexibility index (Phi) is 3.09. The second-order valence-electron chi connectivity index (χ2n) is 4.51. The molecule has 1 aliphatic rings. The molecule has 3 rings (SSSR count). The second kappa shape index (κ2) is 4.74. The van der Waals surface area contributed by atoms with Crippen LogP contribution in [0, 0.1) is 0 Å². The fourth-order valence-electron chi connectivity index (χ4n) is 2.30. The summed E-state index contributed by atoms with van der Waals surface area (Å²) in [5.74, 6) is 0.943. The quantitative estimate of drug-likeness (QED) is 0.926. The number of halogens is 1. The smallest absolute Gasteiger partial charge is 0.292 e. The summed E-state index contributed by atoms with van der Waals surface area (Å²) < 4.78 is 6.47. The first-order valence-electron chi connectivity index (χ1n) is 5.91. The zero-order valence-electron chi connectivity index (χ0n) is 9.90. The molecule has 0 spiro atoms. The number of hydrogen-bond donors (Lipinski definition) is 1. The van der Waals surface area contributed by atoms with Crippen molar-refractivity contribution in [3.63, 3.8) is 0 Å². The molecule has 1 aromatic heterocycles. The van der Waals surface area contributed by atoms with Crippen LogP contribution in [0.15, 0.2) is 33.2 Å². The molecule has 2 aromatic rings. The van der Waals surface area contributed by atoms with Gasteiger partial charge in [-0.05, 0) is 17.7 Å². The molecule has 1 aliphatic heterocycles. The van der Waals surface area contributed by atoms with Crippen LogP contribution in [0.5, 0.6) is 0 Å². The molecular formula is C13H14BrN3O. The largest absolute Gasteiger partial charge is 0.429 e. The standard InChI is InChI=1S/C13H14BrN3O/c14-10-3-1-2-9(6-10)7-17-5-4-12-11(8-17)16-13(15)18-12/h1-3,6H,4-5,7-8H2,(H2,15,16). The van der Waals surface area contributed by atoms with Crippen molar-refractivity contribution in [1.82, 2.24) is 9.88 Å². The summed E-state index contributed by atoms with van der Waals surface area (Å²) in [4.78, 5) is 6.57. The van der Waals surface area contributed by atoms with Crippen molar-refractivity contribution in [1.29, 1.82) is 0 Å². The van der Waals surface area contributed by atoms with Gasteiger partial charge in [-0.1, -0.05) is 28.1 Å². The van der Waals surface area contributed by atoms with Crippen LogP contribution in [0.3, 0.4) is 0 Å². The average Bonchev–Trinajstić information content (AvgIpc) is 2.68. The lowest BCUT2D eigenvalue weighted by atomic mass is 10.1. The Bertz CT molecular complexity index is 567. The van der Waals surface area contributed by atoms with Crippen molar-refractivity contribution in [2.45, 2.75) is 19.5 Å². The lowest BCUT2D eigenvalue weighted by molar-refractivity contribution is 0.232. The summed E-state index contributed by atoms with van der Waals surface area (Å²) in [5.41, 5.74) is 7.85. The van der Waals surface area contributed by atoms with Crippen molar-refractivity contribution in [2.75, 3.05) is 12.3 Å². The maximum atomic E-state index is 5.57. The summed E-state index contributed by atoms with van der Waals surface area (Å²) in [5, 5.41) is 0. The van der Waals surface area contributed by atoms with Crippen LogP contribution in [0.2, 0.25) is 0 Å². The van der Waals surface area contributed by atoms with Crippen molar-refractivity contribution in [3.05, 3.63) is 45.8 Å². The zero-order valence-corrected chi connectivity index (χ0v) is 11.5. The van der Waals surface area contributed by atoms with Crippen LogP contribution in [0.4, 0.5) is 6.01 Å². The number of anilines is 1. The molecule has 0 amide bonds. The van der Waals surface area contributed by atoms with Gasteiger partial charge in [0.15, 0.2) is 0 Å². The number of aromatic nitrogens is 1. The highest BCUT2D eigenvalue weighted by atomic mass is 79.9. The van der Waals surface area contributed by atoms with E-state index in [2.05, 4.69) is 44.0 Å². The van der Waals surface area contributed by atoms with Crippen LogP contribution >= 0.6 is 15.9 Å². The van der Waals surface area contributed by atoms with Gasteiger partial charge in [0.25, 0.3) is 6.01 Å². The van der Waals surface area contributed by atoms with E-state index < -0.39 is 0 Å². The van der Waals surface area contributed by atoms with Gasteiger partial charge in [0.1, 0.15) is 5.76 Å². The molecule has 2 heterocycles. The first-order valence-corrected chi connectivity index (χ1v) is 6.71. The Balaban J connectivity index is 1.73. The van der Waals surface area contributed by atoms with Gasteiger partial charge in [-0.3, -0.25) is 4.90 Å². The number of nitrogens with zero attached hydrogens (tertiary/aromatic N) is 2. The minimum atomic E-state index is 0.282. The number of hydrogen-bond acceptors (Lipinski definition) is 4. The molecule has 4 nitrogen and oxygen atoms in total. The van der Waals surface area contributed by atoms with E-state index in [1.807, 2.05) is 6.07 Å². The van der Waals surface area contributed by atoms with Gasteiger partial charge in [-0.2, -0.15) is 4.98 Å². The van der Waals surface area contributed by atoms with Gasteiger partial charge in [-0.25, -0.2) is 0 Å². The number of rotatable bonds is 2. The van der Waals surface area contributed by atoms with E-state index in [4.69, 9.17) is 10.2 Å². The number of benzene rings is 1. The molecule has 2 N–H and O–H groups in total. The normalized spacial score (nSPS) is 15.6. The Morgan fingerprint density at radius 1 is 1.44 bits per heavy atom. The lowest BCUT2D eigenvalue weighted by Crippen LogP contribution is -2.29. The summed E-state index contributed by atoms with van der Waals surface area (Å²) in [6.07, 6.45) is 0.882. The molecule has 0 fully saturated rings. The fraction of sp³-hybridized carbons (Fsp3) is 0.308. The van der Waals surface area contributed by atoms with Crippen LogP contribution in [0.25, 0.3) is 0 Å². The van der Waals surface area contributed by atoms with Gasteiger partial charge < -0.3 is 10.2 Å². The van der Waals surface area contributed by atoms with Crippen LogP contribution in [-0.4, -0.2) is 16.4 Å². The third-order valence-electron chi connectivity index (χ3n) is 3.12. The molecule has 0 unspecified atom stereocenters. The molecule has 0 aliphatic carbocycles. The van der Waals surface area contributed by atoms with Gasteiger partial charge >= 0.3 is 0 Å². The minimum Gasteiger partial charge on any atom is -0.429 e. The number of nitrogen functional groups attached to an aromatic ring is 1. The number of nitrogens with two attached hydrogens (primary N) is 1. The first kappa shape index (κ1) is 11.7. The van der Waals surface area contributed by atoms with Crippen LogP contribution in [-0.2, 0) is 19.5 Å². The first-order chi connectivity index (χ1) is 8.70. The van der Waals surface area contributed by atoms with E-state index in [-0.39, 0.29) is 6.01 Å². The van der Waals surface area contributed by atoms with E-state index in [0.717, 1.165) is 42.0 Å². The number of fused-ring (bicyclic) bond motifs is 1. The Labute approximate surface area is 114 Å². The van der Waals surface area contributed by atoms with Crippen LogP contribution in [0.1, 0.15) is 17.0 Å². The summed E-state index contributed by atoms with van der Waals surface area (Å²) >= 11 is 3.49. The topological polar surface area (TPSA) is 55.3 Å². The average molecular weight is 308 g/mol. The highest BCUT2D eigenvalue weighted by molar-refractivity contribution is 9.10. The molecule has 18 heavy (non-hydrogen) atoms. The highest BCUT2D eigenvalue weighted by Gasteiger charge is 2.21. The molecule has 0 radical (unpaired) electrons. The monoisotopic (exact) mass is 307 g/mol. The maximum absolute atomic E-state index is 5.57. The summed E-state index contributed by atoms with van der Waals surface area (Å²) in [7, 11) is 0. The molecular weight excluding hydrogens is 294 g/mol. The zero-order chi connectivity index (χ0) is 12.5. The predicted octanol–water partition coefficient (Wildman–Crippen LogP) is 2.58. The fourth-order valence-corrected chi connectivity index (χ4v) is 2.75. The minimum absolute atomic E-state index is 0.282. The van der Waals surface area contributed by atoms with E-state index in [1.54, 1.807) is 0 Å². The molecule has 0 saturated heterocycles. The molecule has 0 bridgehead atoms. The van der Waals surface area contributed by atoms with Gasteiger partial charge in [-0.15, -0.1) is 0 Å². The second-order valence-corrected chi connectivity index (χ2v) is 5.43. The summed E-state index contributed by atoms with van der Waals surface area (Å²) in [6.45, 7) is 2.71. The van der Waals surface area contributed by atoms with E-state index in [0.29, 0.717) is 0 Å². The Morgan fingerprint density at radius 2 is 2.33 bits per heavy atom. The summed E-state index contributed by atoms with van der Waals surface area (Å²) in [6, 6.07) is 8.66. The maximum Gasteiger partial charge on any atom is 0.292 e. The molecule has 0 atom stereocenters. The molecule has 94 valence electrons. The van der Waals surface area contributed by atoms with Gasteiger partial charge in [0.05, 0.1) is 5.69 Å². The number of oxazole rings is 1. The van der Waals surface area contributed by atoms with E-state index in [9.17, 15) is 0 Å². The highest BCUT2D eigenvalue weighted by Crippen LogP contribution is 2.22. The third kappa shape index (κ3) is 2.42. The molecule has 0 saturated carbocycles. The predicted molar refractivity (Wildman–Crippen MR) is 72.9 cm³/mol. The van der Waals surface area contributed by atoms with Crippen molar-refractivity contribution in [2.24, 2.45) is 0 Å². The molecule has 1 aromatic carbocycles. The third-order valence-corrected chi connectivity index (χ3v) is 3.61. The van der Waals surface area contributed by atoms with Gasteiger partial charge in [0, 0.05) is 30.5 Å². The van der Waals surface area contributed by atoms with Crippen molar-refractivity contribution >= 4 is 21.9 Å².